The number of hydrogen-bond acceptors (Lipinski definition) is 14. The maximum absolute atomic E-state index is 14.0. The highest BCUT2D eigenvalue weighted by atomic mass is 16.4. The Morgan fingerprint density at radius 1 is 0.697 bits per heavy atom. The first-order valence-electron chi connectivity index (χ1n) is 20.6. The Morgan fingerprint density at radius 2 is 1.24 bits per heavy atom. The Bertz CT molecular complexity index is 2000. The average Bonchev–Trinajstić information content (AvgIpc) is 3.73. The summed E-state index contributed by atoms with van der Waals surface area (Å²) in [5, 5.41) is 51.7. The normalized spacial score (nSPS) is 16.3. The van der Waals surface area contributed by atoms with Crippen LogP contribution in [0.15, 0.2) is 29.3 Å². The molecular weight excluding hydrogens is 876 g/mol. The molecule has 0 saturated carbocycles. The molecule has 1 saturated heterocycles. The molecule has 0 radical (unpaired) electrons. The fourth-order valence-corrected chi connectivity index (χ4v) is 6.43. The molecule has 0 bridgehead atoms. The van der Waals surface area contributed by atoms with E-state index in [1.54, 1.807) is 0 Å². The van der Waals surface area contributed by atoms with Gasteiger partial charge >= 0.3 is 17.9 Å². The number of carboxylic acid groups (broad SMARTS) is 3. The zero-order chi connectivity index (χ0) is 49.8. The van der Waals surface area contributed by atoms with Gasteiger partial charge in [-0.05, 0) is 63.6 Å². The van der Waals surface area contributed by atoms with Crippen LogP contribution < -0.4 is 54.8 Å². The van der Waals surface area contributed by atoms with E-state index in [0.29, 0.717) is 5.56 Å². The van der Waals surface area contributed by atoms with Crippen LogP contribution in [-0.4, -0.2) is 158 Å². The maximum Gasteiger partial charge on any atom is 0.325 e. The summed E-state index contributed by atoms with van der Waals surface area (Å²) in [6.07, 6.45) is -2.73. The molecule has 1 aliphatic heterocycles. The van der Waals surface area contributed by atoms with Crippen molar-refractivity contribution in [2.24, 2.45) is 27.9 Å². The number of amides is 8. The summed E-state index contributed by atoms with van der Waals surface area (Å²) in [7, 11) is 0. The van der Waals surface area contributed by atoms with Crippen molar-refractivity contribution in [3.63, 3.8) is 0 Å². The first-order chi connectivity index (χ1) is 30.9. The molecule has 2 rings (SSSR count). The molecule has 1 aliphatic rings. The van der Waals surface area contributed by atoms with Gasteiger partial charge in [0, 0.05) is 25.9 Å². The number of hydrogen-bond donors (Lipinski definition) is 14. The minimum atomic E-state index is -1.77. The topological polar surface area (TPSA) is 461 Å². The van der Waals surface area contributed by atoms with E-state index in [-0.39, 0.29) is 56.9 Å². The van der Waals surface area contributed by atoms with E-state index < -0.39 is 139 Å². The Morgan fingerprint density at radius 3 is 1.80 bits per heavy atom. The summed E-state index contributed by atoms with van der Waals surface area (Å²) in [4.78, 5) is 145. The second-order valence-corrected chi connectivity index (χ2v) is 15.4. The molecule has 364 valence electrons. The molecule has 1 heterocycles. The molecule has 1 aromatic carbocycles. The van der Waals surface area contributed by atoms with Crippen molar-refractivity contribution in [3.8, 4) is 5.75 Å². The van der Waals surface area contributed by atoms with E-state index in [1.807, 2.05) is 0 Å². The van der Waals surface area contributed by atoms with Crippen LogP contribution in [0.25, 0.3) is 0 Å². The first-order valence-corrected chi connectivity index (χ1v) is 20.6. The SMILES string of the molecule is CC(NC(=O)C(Cc1ccc(O)cc1)NC(=O)C(CCC(N)=O)NC(=O)C(CCCN=C(N)N)NC(=O)C1CCCN1C(=O)C(CC(=O)O)NC(=O)C(C)NC(=O)C(N)CC(=O)O)C(=O)O. The van der Waals surface area contributed by atoms with Gasteiger partial charge in [0.15, 0.2) is 5.96 Å². The van der Waals surface area contributed by atoms with Crippen molar-refractivity contribution in [2.45, 2.75) is 120 Å². The summed E-state index contributed by atoms with van der Waals surface area (Å²) >= 11 is 0. The quantitative estimate of drug-likeness (QED) is 0.0222. The van der Waals surface area contributed by atoms with Gasteiger partial charge in [-0.2, -0.15) is 0 Å². The van der Waals surface area contributed by atoms with Gasteiger partial charge in [-0.1, -0.05) is 12.1 Å². The summed E-state index contributed by atoms with van der Waals surface area (Å²) in [5.74, 6) is -12.5. The average molecular weight is 935 g/mol. The van der Waals surface area contributed by atoms with Crippen molar-refractivity contribution in [1.29, 1.82) is 0 Å². The number of primary amides is 1. The first kappa shape index (κ1) is 54.6. The summed E-state index contributed by atoms with van der Waals surface area (Å²) in [6.45, 7) is 2.22. The number of aromatic hydroxyl groups is 1. The third kappa shape index (κ3) is 18.6. The van der Waals surface area contributed by atoms with Crippen molar-refractivity contribution < 1.29 is 73.2 Å². The fraction of sp³-hybridized carbons (Fsp3) is 0.538. The molecule has 1 aromatic rings. The number of carboxylic acids is 3. The molecule has 18 N–H and O–H groups in total. The van der Waals surface area contributed by atoms with E-state index in [2.05, 4.69) is 36.9 Å². The van der Waals surface area contributed by atoms with Gasteiger partial charge in [0.25, 0.3) is 0 Å². The van der Waals surface area contributed by atoms with Gasteiger partial charge < -0.3 is 80.2 Å². The lowest BCUT2D eigenvalue weighted by Crippen LogP contribution is -2.60. The number of benzene rings is 1. The molecule has 27 nitrogen and oxygen atoms in total. The highest BCUT2D eigenvalue weighted by molar-refractivity contribution is 5.99. The fourth-order valence-electron chi connectivity index (χ4n) is 6.43. The molecule has 8 atom stereocenters. The molecule has 8 unspecified atom stereocenters. The van der Waals surface area contributed by atoms with E-state index in [1.165, 1.54) is 38.1 Å². The number of guanidine groups is 1. The van der Waals surface area contributed by atoms with Crippen molar-refractivity contribution >= 4 is 71.1 Å². The predicted octanol–water partition coefficient (Wildman–Crippen LogP) is -5.45. The van der Waals surface area contributed by atoms with Crippen LogP contribution in [0.3, 0.4) is 0 Å². The smallest absolute Gasteiger partial charge is 0.325 e. The molecule has 0 spiro atoms. The number of aliphatic imine (C=N–C) groups is 1. The molecule has 0 aromatic heterocycles. The molecule has 66 heavy (non-hydrogen) atoms. The minimum absolute atomic E-state index is 0.0101. The van der Waals surface area contributed by atoms with Gasteiger partial charge in [-0.25, -0.2) is 0 Å². The molecule has 27 heteroatoms. The third-order valence-electron chi connectivity index (χ3n) is 9.94. The van der Waals surface area contributed by atoms with Gasteiger partial charge in [0.2, 0.25) is 47.3 Å². The highest BCUT2D eigenvalue weighted by Gasteiger charge is 2.40. The Kier molecular flexibility index (Phi) is 21.7. The zero-order valence-corrected chi connectivity index (χ0v) is 36.2. The van der Waals surface area contributed by atoms with E-state index in [4.69, 9.17) is 28.0 Å². The molecule has 0 aliphatic carbocycles. The lowest BCUT2D eigenvalue weighted by molar-refractivity contribution is -0.146. The largest absolute Gasteiger partial charge is 0.508 e. The van der Waals surface area contributed by atoms with Gasteiger partial charge in [0.1, 0.15) is 48.0 Å². The third-order valence-corrected chi connectivity index (χ3v) is 9.94. The van der Waals surface area contributed by atoms with Crippen LogP contribution in [-0.2, 0) is 59.2 Å². The van der Waals surface area contributed by atoms with Crippen molar-refractivity contribution in [2.75, 3.05) is 13.1 Å². The molecule has 1 fully saturated rings. The van der Waals surface area contributed by atoms with Crippen LogP contribution in [0.1, 0.15) is 70.8 Å². The summed E-state index contributed by atoms with van der Waals surface area (Å²) in [5.41, 5.74) is 22.2. The number of phenols is 1. The lowest BCUT2D eigenvalue weighted by atomic mass is 10.0. The number of aliphatic carboxylic acids is 3. The number of likely N-dealkylation sites (tertiary alicyclic amines) is 1. The number of nitrogens with zero attached hydrogens (tertiary/aromatic N) is 2. The standard InChI is InChI=1S/C39H58N12O15/c1-18(45-32(59)22(40)16-29(54)55)31(58)50-26(17-30(56)57)37(64)51-14-4-6-27(51)36(63)48-23(5-3-13-44-39(42)43)33(60)47-24(11-12-28(41)53)34(61)49-25(35(62)46-19(2)38(65)66)15-20-7-9-21(52)10-8-20/h7-10,18-19,22-27,52H,3-6,11-17,40H2,1-2H3,(H2,41,53)(H,45,59)(H,46,62)(H,47,60)(H,48,63)(H,49,61)(H,50,58)(H,54,55)(H,56,57)(H,65,66)(H4,42,43,44). The van der Waals surface area contributed by atoms with Crippen molar-refractivity contribution in [1.82, 2.24) is 36.8 Å². The Hall–Kier alpha value is -7.58. The number of rotatable bonds is 27. The lowest BCUT2D eigenvalue weighted by Gasteiger charge is -2.30. The zero-order valence-electron chi connectivity index (χ0n) is 36.2. The number of carbonyl (C=O) groups excluding carboxylic acids is 8. The summed E-state index contributed by atoms with van der Waals surface area (Å²) in [6, 6.07) is -6.48. The Balaban J connectivity index is 2.39. The van der Waals surface area contributed by atoms with Crippen LogP contribution in [0.4, 0.5) is 0 Å². The van der Waals surface area contributed by atoms with Crippen molar-refractivity contribution in [3.05, 3.63) is 29.8 Å². The van der Waals surface area contributed by atoms with Gasteiger partial charge in [0.05, 0.1) is 18.9 Å². The number of carbonyl (C=O) groups is 11. The van der Waals surface area contributed by atoms with Crippen LogP contribution >= 0.6 is 0 Å². The van der Waals surface area contributed by atoms with Gasteiger partial charge in [-0.3, -0.25) is 57.7 Å². The van der Waals surface area contributed by atoms with Crippen LogP contribution in [0, 0.1) is 0 Å². The molecule has 8 amide bonds. The highest BCUT2D eigenvalue weighted by Crippen LogP contribution is 2.20. The number of phenolic OH excluding ortho intramolecular Hbond substituents is 1. The number of nitrogens with two attached hydrogens (primary N) is 4. The minimum Gasteiger partial charge on any atom is -0.508 e. The second-order valence-electron chi connectivity index (χ2n) is 15.4. The monoisotopic (exact) mass is 934 g/mol. The maximum atomic E-state index is 14.0. The van der Waals surface area contributed by atoms with Crippen LogP contribution in [0.5, 0.6) is 5.75 Å². The number of nitrogens with one attached hydrogen (secondary N) is 6. The van der Waals surface area contributed by atoms with E-state index in [0.717, 1.165) is 4.90 Å². The second kappa shape index (κ2) is 26.3. The predicted molar refractivity (Wildman–Crippen MR) is 228 cm³/mol. The van der Waals surface area contributed by atoms with E-state index in [9.17, 15) is 68.1 Å². The van der Waals surface area contributed by atoms with Crippen LogP contribution in [0.2, 0.25) is 0 Å². The Labute approximate surface area is 377 Å². The summed E-state index contributed by atoms with van der Waals surface area (Å²) < 4.78 is 0. The van der Waals surface area contributed by atoms with Gasteiger partial charge in [-0.15, -0.1) is 0 Å². The van der Waals surface area contributed by atoms with E-state index >= 15 is 0 Å². The molecular formula is C39H58N12O15.